The second-order valence-electron chi connectivity index (χ2n) is 4.43. The maximum Gasteiger partial charge on any atom is 0.320 e. The molecule has 14 heavy (non-hydrogen) atoms. The molecule has 2 fully saturated rings. The number of hydrogen-bond acceptors (Lipinski definition) is 3. The number of primary amides is 1. The van der Waals surface area contributed by atoms with Crippen LogP contribution in [0.2, 0.25) is 0 Å². The van der Waals surface area contributed by atoms with Gasteiger partial charge in [0.15, 0.2) is 0 Å². The van der Waals surface area contributed by atoms with Gasteiger partial charge < -0.3 is 10.8 Å². The molecule has 2 rings (SSSR count). The second-order valence-corrected chi connectivity index (χ2v) is 4.43. The van der Waals surface area contributed by atoms with Gasteiger partial charge in [-0.25, -0.2) is 0 Å². The van der Waals surface area contributed by atoms with Crippen LogP contribution in [0.3, 0.4) is 0 Å². The van der Waals surface area contributed by atoms with Crippen molar-refractivity contribution in [1.29, 1.82) is 0 Å². The van der Waals surface area contributed by atoms with Crippen LogP contribution in [0, 0.1) is 5.41 Å². The first kappa shape index (κ1) is 9.45. The molecule has 0 aromatic heterocycles. The summed E-state index contributed by atoms with van der Waals surface area (Å²) in [7, 11) is 0. The molecule has 1 saturated heterocycles. The summed E-state index contributed by atoms with van der Waals surface area (Å²) in [5.41, 5.74) is 5.26. The van der Waals surface area contributed by atoms with E-state index in [2.05, 4.69) is 0 Å². The van der Waals surface area contributed by atoms with Crippen molar-refractivity contribution in [1.82, 2.24) is 4.90 Å². The first-order valence-electron chi connectivity index (χ1n) is 4.78. The number of carboxylic acids is 1. The molecule has 1 aliphatic heterocycles. The largest absolute Gasteiger partial charge is 0.480 e. The van der Waals surface area contributed by atoms with Gasteiger partial charge in [0.2, 0.25) is 5.91 Å². The van der Waals surface area contributed by atoms with Crippen LogP contribution < -0.4 is 5.73 Å². The topological polar surface area (TPSA) is 83.6 Å². The summed E-state index contributed by atoms with van der Waals surface area (Å²) in [5, 5.41) is 8.96. The fourth-order valence-electron chi connectivity index (χ4n) is 2.29. The van der Waals surface area contributed by atoms with Gasteiger partial charge in [-0.1, -0.05) is 0 Å². The number of carbonyl (C=O) groups excluding carboxylic acids is 1. The Labute approximate surface area is 81.9 Å². The number of carbonyl (C=O) groups is 2. The predicted molar refractivity (Wildman–Crippen MR) is 48.5 cm³/mol. The number of nitrogens with zero attached hydrogens (tertiary/aromatic N) is 1. The zero-order valence-corrected chi connectivity index (χ0v) is 7.90. The highest BCUT2D eigenvalue weighted by atomic mass is 16.4. The third-order valence-corrected chi connectivity index (χ3v) is 3.21. The van der Waals surface area contributed by atoms with Gasteiger partial charge in [0.1, 0.15) is 6.04 Å². The SMILES string of the molecule is NC(=O)CN1CC2(CC2)C[C@H]1C(=O)O. The molecule has 5 heteroatoms. The Bertz CT molecular complexity index is 286. The standard InChI is InChI=1S/C9H14N2O3/c10-7(12)4-11-5-9(1-2-9)3-6(11)8(13)14/h6H,1-5H2,(H2,10,12)(H,13,14)/t6-/m0/s1. The summed E-state index contributed by atoms with van der Waals surface area (Å²) in [6.07, 6.45) is 2.85. The molecule has 1 aliphatic carbocycles. The Kier molecular flexibility index (Phi) is 1.99. The van der Waals surface area contributed by atoms with Crippen LogP contribution >= 0.6 is 0 Å². The quantitative estimate of drug-likeness (QED) is 0.635. The summed E-state index contributed by atoms with van der Waals surface area (Å²) in [4.78, 5) is 23.3. The summed E-state index contributed by atoms with van der Waals surface area (Å²) in [5.74, 6) is -1.29. The fourth-order valence-corrected chi connectivity index (χ4v) is 2.29. The van der Waals surface area contributed by atoms with Crippen LogP contribution in [0.15, 0.2) is 0 Å². The average molecular weight is 198 g/mol. The van der Waals surface area contributed by atoms with Crippen molar-refractivity contribution in [3.8, 4) is 0 Å². The van der Waals surface area contributed by atoms with Gasteiger partial charge in [-0.15, -0.1) is 0 Å². The van der Waals surface area contributed by atoms with Crippen LogP contribution in [0.25, 0.3) is 0 Å². The maximum absolute atomic E-state index is 10.9. The Morgan fingerprint density at radius 2 is 2.14 bits per heavy atom. The number of carboxylic acid groups (broad SMARTS) is 1. The van der Waals surface area contributed by atoms with Crippen molar-refractivity contribution in [2.24, 2.45) is 11.1 Å². The van der Waals surface area contributed by atoms with Gasteiger partial charge in [0, 0.05) is 6.54 Å². The van der Waals surface area contributed by atoms with Gasteiger partial charge in [-0.3, -0.25) is 14.5 Å². The van der Waals surface area contributed by atoms with Gasteiger partial charge in [0.25, 0.3) is 0 Å². The van der Waals surface area contributed by atoms with E-state index in [1.54, 1.807) is 4.90 Å². The minimum atomic E-state index is -0.838. The highest BCUT2D eigenvalue weighted by molar-refractivity contribution is 5.79. The molecular weight excluding hydrogens is 184 g/mol. The number of aliphatic carboxylic acids is 1. The van der Waals surface area contributed by atoms with Gasteiger partial charge >= 0.3 is 5.97 Å². The van der Waals surface area contributed by atoms with Crippen molar-refractivity contribution in [3.63, 3.8) is 0 Å². The molecule has 1 spiro atoms. The fraction of sp³-hybridized carbons (Fsp3) is 0.778. The molecule has 1 atom stereocenters. The molecule has 5 nitrogen and oxygen atoms in total. The molecule has 3 N–H and O–H groups in total. The van der Waals surface area contributed by atoms with Gasteiger partial charge in [0.05, 0.1) is 6.54 Å². The third-order valence-electron chi connectivity index (χ3n) is 3.21. The number of hydrogen-bond donors (Lipinski definition) is 2. The molecule has 1 saturated carbocycles. The second kappa shape index (κ2) is 2.95. The Hall–Kier alpha value is -1.10. The van der Waals surface area contributed by atoms with Gasteiger partial charge in [-0.05, 0) is 24.7 Å². The van der Waals surface area contributed by atoms with Crippen molar-refractivity contribution in [2.45, 2.75) is 25.3 Å². The van der Waals surface area contributed by atoms with Crippen LogP contribution in [-0.2, 0) is 9.59 Å². The molecule has 0 bridgehead atoms. The molecule has 78 valence electrons. The minimum Gasteiger partial charge on any atom is -0.480 e. The van der Waals surface area contributed by atoms with Crippen LogP contribution in [-0.4, -0.2) is 41.0 Å². The molecular formula is C9H14N2O3. The highest BCUT2D eigenvalue weighted by Gasteiger charge is 2.53. The van der Waals surface area contributed by atoms with Crippen molar-refractivity contribution >= 4 is 11.9 Å². The van der Waals surface area contributed by atoms with Crippen molar-refractivity contribution in [3.05, 3.63) is 0 Å². The summed E-state index contributed by atoms with van der Waals surface area (Å²) in [6.45, 7) is 0.783. The number of amides is 1. The summed E-state index contributed by atoms with van der Waals surface area (Å²) in [6, 6.07) is -0.509. The average Bonchev–Trinajstić information content (AvgIpc) is 2.68. The van der Waals surface area contributed by atoms with E-state index in [0.29, 0.717) is 13.0 Å². The normalized spacial score (nSPS) is 29.3. The molecule has 0 unspecified atom stereocenters. The van der Waals surface area contributed by atoms with E-state index >= 15 is 0 Å². The van der Waals surface area contributed by atoms with E-state index in [0.717, 1.165) is 12.8 Å². The van der Waals surface area contributed by atoms with Crippen molar-refractivity contribution in [2.75, 3.05) is 13.1 Å². The Morgan fingerprint density at radius 1 is 1.50 bits per heavy atom. The number of rotatable bonds is 3. The minimum absolute atomic E-state index is 0.0682. The zero-order valence-electron chi connectivity index (χ0n) is 7.90. The summed E-state index contributed by atoms with van der Waals surface area (Å²) >= 11 is 0. The van der Waals surface area contributed by atoms with E-state index in [-0.39, 0.29) is 12.0 Å². The van der Waals surface area contributed by atoms with E-state index in [4.69, 9.17) is 10.8 Å². The first-order chi connectivity index (χ1) is 6.52. The third kappa shape index (κ3) is 1.59. The Balaban J connectivity index is 2.06. The Morgan fingerprint density at radius 3 is 2.57 bits per heavy atom. The van der Waals surface area contributed by atoms with Crippen LogP contribution in [0.1, 0.15) is 19.3 Å². The molecule has 0 aromatic carbocycles. The first-order valence-corrected chi connectivity index (χ1v) is 4.78. The van der Waals surface area contributed by atoms with Crippen LogP contribution in [0.4, 0.5) is 0 Å². The lowest BCUT2D eigenvalue weighted by Crippen LogP contribution is -2.41. The lowest BCUT2D eigenvalue weighted by atomic mass is 10.0. The van der Waals surface area contributed by atoms with Gasteiger partial charge in [-0.2, -0.15) is 0 Å². The molecule has 1 heterocycles. The van der Waals surface area contributed by atoms with E-state index in [1.165, 1.54) is 0 Å². The van der Waals surface area contributed by atoms with E-state index in [1.807, 2.05) is 0 Å². The van der Waals surface area contributed by atoms with Crippen molar-refractivity contribution < 1.29 is 14.7 Å². The lowest BCUT2D eigenvalue weighted by molar-refractivity contribution is -0.142. The monoisotopic (exact) mass is 198 g/mol. The molecule has 2 aliphatic rings. The molecule has 1 amide bonds. The highest BCUT2D eigenvalue weighted by Crippen LogP contribution is 2.54. The number of nitrogens with two attached hydrogens (primary N) is 1. The zero-order chi connectivity index (χ0) is 10.3. The number of likely N-dealkylation sites (tertiary alicyclic amines) is 1. The maximum atomic E-state index is 10.9. The van der Waals surface area contributed by atoms with E-state index < -0.39 is 17.9 Å². The van der Waals surface area contributed by atoms with Crippen LogP contribution in [0.5, 0.6) is 0 Å². The van der Waals surface area contributed by atoms with E-state index in [9.17, 15) is 9.59 Å². The molecule has 0 aromatic rings. The smallest absolute Gasteiger partial charge is 0.320 e. The molecule has 0 radical (unpaired) electrons. The lowest BCUT2D eigenvalue weighted by Gasteiger charge is -2.18. The summed E-state index contributed by atoms with van der Waals surface area (Å²) < 4.78 is 0. The predicted octanol–water partition coefficient (Wildman–Crippen LogP) is -0.589.